The van der Waals surface area contributed by atoms with E-state index >= 15 is 0 Å². The minimum atomic E-state index is -0.457. The molecule has 0 unspecified atom stereocenters. The lowest BCUT2D eigenvalue weighted by Crippen LogP contribution is -2.14. The predicted octanol–water partition coefficient (Wildman–Crippen LogP) is 4.16. The molecule has 0 radical (unpaired) electrons. The standard InChI is InChI=1S/C22H22FN3O4/c1-12-10-16(11-17(14(12)3)22(28)29-4)24-19(27)7-8-20-25-21(26-30-20)15-5-6-18(23)13(2)9-15/h5-6,9-11H,7-8H2,1-4H3,(H,24,27). The lowest BCUT2D eigenvalue weighted by molar-refractivity contribution is -0.116. The molecule has 3 rings (SSSR count). The minimum Gasteiger partial charge on any atom is -0.465 e. The third-order valence-electron chi connectivity index (χ3n) is 4.81. The second kappa shape index (κ2) is 8.86. The number of aryl methyl sites for hydroxylation is 3. The van der Waals surface area contributed by atoms with Crippen molar-refractivity contribution in [3.63, 3.8) is 0 Å². The summed E-state index contributed by atoms with van der Waals surface area (Å²) in [6, 6.07) is 7.94. The fourth-order valence-corrected chi connectivity index (χ4v) is 2.95. The van der Waals surface area contributed by atoms with E-state index in [2.05, 4.69) is 15.5 Å². The summed E-state index contributed by atoms with van der Waals surface area (Å²) < 4.78 is 23.4. The maximum absolute atomic E-state index is 13.4. The van der Waals surface area contributed by atoms with Gasteiger partial charge < -0.3 is 14.6 Å². The Morgan fingerprint density at radius 3 is 2.60 bits per heavy atom. The number of ether oxygens (including phenoxy) is 1. The van der Waals surface area contributed by atoms with Gasteiger partial charge in [-0.1, -0.05) is 5.16 Å². The molecule has 0 atom stereocenters. The van der Waals surface area contributed by atoms with Gasteiger partial charge in [-0.2, -0.15) is 4.98 Å². The van der Waals surface area contributed by atoms with E-state index in [1.165, 1.54) is 13.2 Å². The van der Waals surface area contributed by atoms with Gasteiger partial charge in [0.1, 0.15) is 5.82 Å². The molecule has 1 aromatic heterocycles. The van der Waals surface area contributed by atoms with Crippen molar-refractivity contribution < 1.29 is 23.2 Å². The molecule has 0 bridgehead atoms. The average molecular weight is 411 g/mol. The van der Waals surface area contributed by atoms with Gasteiger partial charge in [-0.25, -0.2) is 9.18 Å². The number of amides is 1. The van der Waals surface area contributed by atoms with Crippen LogP contribution in [0.2, 0.25) is 0 Å². The normalized spacial score (nSPS) is 10.7. The highest BCUT2D eigenvalue weighted by Gasteiger charge is 2.15. The third-order valence-corrected chi connectivity index (χ3v) is 4.81. The van der Waals surface area contributed by atoms with Crippen molar-refractivity contribution in [2.24, 2.45) is 0 Å². The zero-order chi connectivity index (χ0) is 21.8. The molecule has 1 amide bonds. The highest BCUT2D eigenvalue weighted by atomic mass is 19.1. The Hall–Kier alpha value is -3.55. The van der Waals surface area contributed by atoms with E-state index in [0.29, 0.717) is 34.1 Å². The number of benzene rings is 2. The van der Waals surface area contributed by atoms with Crippen LogP contribution in [0, 0.1) is 26.6 Å². The van der Waals surface area contributed by atoms with Crippen LogP contribution < -0.4 is 5.32 Å². The molecule has 156 valence electrons. The van der Waals surface area contributed by atoms with Crippen molar-refractivity contribution in [2.75, 3.05) is 12.4 Å². The number of carbonyl (C=O) groups is 2. The predicted molar refractivity (Wildman–Crippen MR) is 109 cm³/mol. The molecular formula is C22H22FN3O4. The first-order valence-electron chi connectivity index (χ1n) is 9.37. The van der Waals surface area contributed by atoms with Crippen molar-refractivity contribution in [2.45, 2.75) is 33.6 Å². The van der Waals surface area contributed by atoms with Crippen LogP contribution in [0.25, 0.3) is 11.4 Å². The Morgan fingerprint density at radius 2 is 1.90 bits per heavy atom. The largest absolute Gasteiger partial charge is 0.465 e. The SMILES string of the molecule is COC(=O)c1cc(NC(=O)CCc2nc(-c3ccc(F)c(C)c3)no2)cc(C)c1C. The van der Waals surface area contributed by atoms with Gasteiger partial charge in [0.15, 0.2) is 0 Å². The zero-order valence-corrected chi connectivity index (χ0v) is 17.2. The summed E-state index contributed by atoms with van der Waals surface area (Å²) >= 11 is 0. The highest BCUT2D eigenvalue weighted by molar-refractivity contribution is 5.96. The van der Waals surface area contributed by atoms with E-state index in [9.17, 15) is 14.0 Å². The number of aromatic nitrogens is 2. The summed E-state index contributed by atoms with van der Waals surface area (Å²) in [7, 11) is 1.31. The monoisotopic (exact) mass is 411 g/mol. The third kappa shape index (κ3) is 4.71. The van der Waals surface area contributed by atoms with Crippen LogP contribution >= 0.6 is 0 Å². The van der Waals surface area contributed by atoms with Gasteiger partial charge in [0.05, 0.1) is 12.7 Å². The van der Waals surface area contributed by atoms with Crippen LogP contribution in [0.3, 0.4) is 0 Å². The van der Waals surface area contributed by atoms with E-state index in [-0.39, 0.29) is 24.6 Å². The maximum Gasteiger partial charge on any atom is 0.338 e. The molecule has 0 saturated heterocycles. The van der Waals surface area contributed by atoms with Crippen molar-refractivity contribution in [1.29, 1.82) is 0 Å². The molecule has 0 spiro atoms. The first kappa shape index (κ1) is 21.2. The van der Waals surface area contributed by atoms with Gasteiger partial charge in [-0.15, -0.1) is 0 Å². The quantitative estimate of drug-likeness (QED) is 0.612. The first-order valence-corrected chi connectivity index (χ1v) is 9.37. The molecule has 1 heterocycles. The molecule has 0 aliphatic heterocycles. The van der Waals surface area contributed by atoms with Gasteiger partial charge in [-0.05, 0) is 67.8 Å². The summed E-state index contributed by atoms with van der Waals surface area (Å²) in [5, 5.41) is 6.66. The Bertz CT molecular complexity index is 1110. The fourth-order valence-electron chi connectivity index (χ4n) is 2.95. The number of hydrogen-bond donors (Lipinski definition) is 1. The Morgan fingerprint density at radius 1 is 1.13 bits per heavy atom. The number of esters is 1. The highest BCUT2D eigenvalue weighted by Crippen LogP contribution is 2.22. The molecule has 0 saturated carbocycles. The van der Waals surface area contributed by atoms with E-state index in [1.807, 2.05) is 13.8 Å². The summed E-state index contributed by atoms with van der Waals surface area (Å²) in [4.78, 5) is 28.5. The molecule has 1 N–H and O–H groups in total. The number of anilines is 1. The number of nitrogens with one attached hydrogen (secondary N) is 1. The van der Waals surface area contributed by atoms with Crippen LogP contribution in [0.4, 0.5) is 10.1 Å². The van der Waals surface area contributed by atoms with E-state index in [0.717, 1.165) is 11.1 Å². The Kier molecular flexibility index (Phi) is 6.25. The second-order valence-electron chi connectivity index (χ2n) is 6.98. The van der Waals surface area contributed by atoms with Crippen molar-refractivity contribution in [3.8, 4) is 11.4 Å². The molecule has 0 fully saturated rings. The van der Waals surface area contributed by atoms with E-state index in [1.54, 1.807) is 31.2 Å². The zero-order valence-electron chi connectivity index (χ0n) is 17.2. The minimum absolute atomic E-state index is 0.116. The van der Waals surface area contributed by atoms with Crippen LogP contribution in [0.1, 0.15) is 39.4 Å². The molecule has 3 aromatic rings. The number of methoxy groups -OCH3 is 1. The molecule has 7 nitrogen and oxygen atoms in total. The van der Waals surface area contributed by atoms with E-state index < -0.39 is 5.97 Å². The van der Waals surface area contributed by atoms with E-state index in [4.69, 9.17) is 9.26 Å². The summed E-state index contributed by atoms with van der Waals surface area (Å²) in [6.07, 6.45) is 0.359. The van der Waals surface area contributed by atoms with Crippen molar-refractivity contribution >= 4 is 17.6 Å². The molecular weight excluding hydrogens is 389 g/mol. The van der Waals surface area contributed by atoms with Gasteiger partial charge in [0, 0.05) is 24.1 Å². The van der Waals surface area contributed by atoms with Crippen LogP contribution in [0.5, 0.6) is 0 Å². The lowest BCUT2D eigenvalue weighted by atomic mass is 10.0. The summed E-state index contributed by atoms with van der Waals surface area (Å²) in [5.74, 6) is -0.378. The number of hydrogen-bond acceptors (Lipinski definition) is 6. The fraction of sp³-hybridized carbons (Fsp3) is 0.273. The summed E-state index contributed by atoms with van der Waals surface area (Å²) in [6.45, 7) is 5.33. The van der Waals surface area contributed by atoms with Gasteiger partial charge in [0.25, 0.3) is 0 Å². The van der Waals surface area contributed by atoms with Crippen LogP contribution in [-0.2, 0) is 16.0 Å². The maximum atomic E-state index is 13.4. The smallest absolute Gasteiger partial charge is 0.338 e. The summed E-state index contributed by atoms with van der Waals surface area (Å²) in [5.41, 5.74) is 3.70. The van der Waals surface area contributed by atoms with Gasteiger partial charge in [-0.3, -0.25) is 4.79 Å². The molecule has 0 aliphatic carbocycles. The molecule has 0 aliphatic rings. The lowest BCUT2D eigenvalue weighted by Gasteiger charge is -2.11. The number of nitrogens with zero attached hydrogens (tertiary/aromatic N) is 2. The number of rotatable bonds is 6. The molecule has 8 heteroatoms. The number of halogens is 1. The van der Waals surface area contributed by atoms with Crippen molar-refractivity contribution in [1.82, 2.24) is 10.1 Å². The Balaban J connectivity index is 1.64. The van der Waals surface area contributed by atoms with Crippen LogP contribution in [0.15, 0.2) is 34.9 Å². The van der Waals surface area contributed by atoms with Gasteiger partial charge >= 0.3 is 5.97 Å². The first-order chi connectivity index (χ1) is 14.3. The molecule has 2 aromatic carbocycles. The topological polar surface area (TPSA) is 94.3 Å². The van der Waals surface area contributed by atoms with Crippen LogP contribution in [-0.4, -0.2) is 29.1 Å². The Labute approximate surface area is 173 Å². The van der Waals surface area contributed by atoms with Crippen molar-refractivity contribution in [3.05, 3.63) is 64.3 Å². The molecule has 30 heavy (non-hydrogen) atoms. The number of carbonyl (C=O) groups excluding carboxylic acids is 2. The second-order valence-corrected chi connectivity index (χ2v) is 6.98. The van der Waals surface area contributed by atoms with Gasteiger partial charge in [0.2, 0.25) is 17.6 Å². The average Bonchev–Trinajstić information content (AvgIpc) is 3.19.